The van der Waals surface area contributed by atoms with E-state index in [1.54, 1.807) is 0 Å². The Labute approximate surface area is 164 Å². The van der Waals surface area contributed by atoms with E-state index in [9.17, 15) is 4.79 Å². The Kier molecular flexibility index (Phi) is 3.72. The van der Waals surface area contributed by atoms with E-state index in [4.69, 9.17) is 0 Å². The highest BCUT2D eigenvalue weighted by atomic mass is 79.9. The number of carbonyl (C=O) groups excluding carboxylic acids is 1. The van der Waals surface area contributed by atoms with E-state index in [1.807, 2.05) is 17.0 Å². The molecule has 26 heavy (non-hydrogen) atoms. The van der Waals surface area contributed by atoms with Crippen molar-refractivity contribution in [3.8, 4) is 5.69 Å². The minimum atomic E-state index is -0.106. The van der Waals surface area contributed by atoms with E-state index in [2.05, 4.69) is 68.4 Å². The van der Waals surface area contributed by atoms with Crippen LogP contribution in [0.2, 0.25) is 0 Å². The van der Waals surface area contributed by atoms with Crippen LogP contribution < -0.4 is 5.32 Å². The van der Waals surface area contributed by atoms with Crippen molar-refractivity contribution in [2.24, 2.45) is 0 Å². The quantitative estimate of drug-likeness (QED) is 0.601. The van der Waals surface area contributed by atoms with E-state index in [0.29, 0.717) is 0 Å². The van der Waals surface area contributed by atoms with Crippen LogP contribution in [-0.2, 0) is 5.54 Å². The molecule has 4 nitrogen and oxygen atoms in total. The Morgan fingerprint density at radius 1 is 1.08 bits per heavy atom. The van der Waals surface area contributed by atoms with Gasteiger partial charge in [-0.05, 0) is 65.2 Å². The lowest BCUT2D eigenvalue weighted by Gasteiger charge is -2.46. The van der Waals surface area contributed by atoms with Crippen LogP contribution in [0, 0.1) is 0 Å². The zero-order chi connectivity index (χ0) is 17.7. The van der Waals surface area contributed by atoms with Crippen molar-refractivity contribution >= 4 is 38.9 Å². The number of carbonyl (C=O) groups is 1. The maximum Gasteiger partial charge on any atom is 0.263 e. The number of likely N-dealkylation sites (tertiary alicyclic amines) is 1. The van der Waals surface area contributed by atoms with Gasteiger partial charge in [-0.2, -0.15) is 0 Å². The first kappa shape index (κ1) is 16.1. The van der Waals surface area contributed by atoms with Crippen molar-refractivity contribution in [3.63, 3.8) is 0 Å². The second kappa shape index (κ2) is 5.99. The third kappa shape index (κ3) is 2.43. The molecular formula is C20H18BrN3OS. The number of piperidine rings is 1. The van der Waals surface area contributed by atoms with Crippen molar-refractivity contribution in [2.45, 2.75) is 18.4 Å². The molecule has 0 atom stereocenters. The Morgan fingerprint density at radius 2 is 1.88 bits per heavy atom. The number of amides is 1. The smallest absolute Gasteiger partial charge is 0.263 e. The number of thiophene rings is 1. The first-order valence-electron chi connectivity index (χ1n) is 8.76. The highest BCUT2D eigenvalue weighted by Crippen LogP contribution is 2.43. The summed E-state index contributed by atoms with van der Waals surface area (Å²) >= 11 is 4.95. The normalized spacial score (nSPS) is 17.5. The van der Waals surface area contributed by atoms with Crippen LogP contribution in [-0.4, -0.2) is 28.5 Å². The van der Waals surface area contributed by atoms with Gasteiger partial charge in [0.2, 0.25) is 0 Å². The molecule has 132 valence electrons. The molecule has 5 rings (SSSR count). The standard InChI is InChI=1S/C20H18BrN3OS/c21-18-8-7-16(26-18)19(25)23-12-9-20(10-13-23)17-6-3-11-24(17)15-5-2-1-4-14(15)22-20/h1-8,11,22H,9-10,12-13H2. The van der Waals surface area contributed by atoms with E-state index >= 15 is 0 Å². The molecule has 0 saturated carbocycles. The molecule has 2 aliphatic heterocycles. The third-order valence-electron chi connectivity index (χ3n) is 5.46. The lowest BCUT2D eigenvalue weighted by atomic mass is 9.82. The minimum Gasteiger partial charge on any atom is -0.372 e. The maximum absolute atomic E-state index is 12.8. The number of para-hydroxylation sites is 2. The monoisotopic (exact) mass is 427 g/mol. The minimum absolute atomic E-state index is 0.106. The molecule has 1 spiro atoms. The van der Waals surface area contributed by atoms with Crippen LogP contribution in [0.3, 0.4) is 0 Å². The largest absolute Gasteiger partial charge is 0.372 e. The Hall–Kier alpha value is -2.05. The molecule has 1 aromatic carbocycles. The summed E-state index contributed by atoms with van der Waals surface area (Å²) in [6.07, 6.45) is 3.95. The molecule has 1 saturated heterocycles. The van der Waals surface area contributed by atoms with Gasteiger partial charge in [0, 0.05) is 25.0 Å². The highest BCUT2D eigenvalue weighted by Gasteiger charge is 2.42. The van der Waals surface area contributed by atoms with Crippen LogP contribution in [0.4, 0.5) is 5.69 Å². The molecule has 1 N–H and O–H groups in total. The summed E-state index contributed by atoms with van der Waals surface area (Å²) in [5, 5.41) is 3.79. The average Bonchev–Trinajstić information content (AvgIpc) is 3.32. The van der Waals surface area contributed by atoms with Crippen LogP contribution in [0.1, 0.15) is 28.2 Å². The SMILES string of the molecule is O=C(c1ccc(Br)s1)N1CCC2(CC1)Nc1ccccc1-n1cccc12. The maximum atomic E-state index is 12.8. The summed E-state index contributed by atoms with van der Waals surface area (Å²) in [7, 11) is 0. The van der Waals surface area contributed by atoms with Crippen LogP contribution in [0.5, 0.6) is 0 Å². The molecule has 4 heterocycles. The number of halogens is 1. The van der Waals surface area contributed by atoms with Gasteiger partial charge in [-0.15, -0.1) is 11.3 Å². The van der Waals surface area contributed by atoms with Crippen molar-refractivity contribution in [2.75, 3.05) is 18.4 Å². The van der Waals surface area contributed by atoms with Gasteiger partial charge in [-0.3, -0.25) is 4.79 Å². The summed E-state index contributed by atoms with van der Waals surface area (Å²) < 4.78 is 3.29. The van der Waals surface area contributed by atoms with Crippen LogP contribution in [0.25, 0.3) is 5.69 Å². The first-order chi connectivity index (χ1) is 12.7. The van der Waals surface area contributed by atoms with Gasteiger partial charge in [-0.1, -0.05) is 12.1 Å². The number of benzene rings is 1. The predicted octanol–water partition coefficient (Wildman–Crippen LogP) is 4.86. The van der Waals surface area contributed by atoms with E-state index in [1.165, 1.54) is 22.7 Å². The molecule has 3 aromatic rings. The lowest BCUT2D eigenvalue weighted by Crippen LogP contribution is -2.50. The fraction of sp³-hybridized carbons (Fsp3) is 0.250. The number of rotatable bonds is 1. The van der Waals surface area contributed by atoms with Gasteiger partial charge in [0.1, 0.15) is 0 Å². The number of nitrogens with one attached hydrogen (secondary N) is 1. The number of hydrogen-bond donors (Lipinski definition) is 1. The zero-order valence-electron chi connectivity index (χ0n) is 14.1. The topological polar surface area (TPSA) is 37.3 Å². The number of anilines is 1. The van der Waals surface area contributed by atoms with Gasteiger partial charge in [0.05, 0.1) is 25.6 Å². The summed E-state index contributed by atoms with van der Waals surface area (Å²) in [6, 6.07) is 16.6. The van der Waals surface area contributed by atoms with Gasteiger partial charge in [-0.25, -0.2) is 0 Å². The number of fused-ring (bicyclic) bond motifs is 4. The number of nitrogens with zero attached hydrogens (tertiary/aromatic N) is 2. The molecule has 0 unspecified atom stereocenters. The summed E-state index contributed by atoms with van der Waals surface area (Å²) in [5.74, 6) is 0.141. The predicted molar refractivity (Wildman–Crippen MR) is 108 cm³/mol. The Balaban J connectivity index is 1.42. The van der Waals surface area contributed by atoms with Crippen molar-refractivity contribution in [1.29, 1.82) is 0 Å². The van der Waals surface area contributed by atoms with Gasteiger partial charge in [0.25, 0.3) is 5.91 Å². The van der Waals surface area contributed by atoms with Crippen LogP contribution in [0.15, 0.2) is 58.5 Å². The second-order valence-electron chi connectivity index (χ2n) is 6.88. The molecule has 1 amide bonds. The fourth-order valence-corrected chi connectivity index (χ4v) is 5.50. The summed E-state index contributed by atoms with van der Waals surface area (Å²) in [5.41, 5.74) is 3.55. The fourth-order valence-electron chi connectivity index (χ4n) is 4.15. The molecule has 6 heteroatoms. The van der Waals surface area contributed by atoms with Gasteiger partial charge >= 0.3 is 0 Å². The van der Waals surface area contributed by atoms with E-state index in [-0.39, 0.29) is 11.4 Å². The molecule has 2 aliphatic rings. The highest BCUT2D eigenvalue weighted by molar-refractivity contribution is 9.11. The van der Waals surface area contributed by atoms with E-state index in [0.717, 1.165) is 40.3 Å². The lowest BCUT2D eigenvalue weighted by molar-refractivity contribution is 0.0681. The molecular weight excluding hydrogens is 410 g/mol. The molecule has 0 radical (unpaired) electrons. The van der Waals surface area contributed by atoms with Crippen LogP contribution >= 0.6 is 27.3 Å². The molecule has 0 bridgehead atoms. The number of hydrogen-bond acceptors (Lipinski definition) is 3. The second-order valence-corrected chi connectivity index (χ2v) is 9.35. The van der Waals surface area contributed by atoms with Gasteiger partial charge < -0.3 is 14.8 Å². The van der Waals surface area contributed by atoms with Crippen molar-refractivity contribution in [3.05, 3.63) is 69.1 Å². The molecule has 0 aliphatic carbocycles. The summed E-state index contributed by atoms with van der Waals surface area (Å²) in [4.78, 5) is 15.6. The zero-order valence-corrected chi connectivity index (χ0v) is 16.5. The Morgan fingerprint density at radius 3 is 2.65 bits per heavy atom. The number of aromatic nitrogens is 1. The van der Waals surface area contributed by atoms with E-state index < -0.39 is 0 Å². The Bertz CT molecular complexity index is 984. The van der Waals surface area contributed by atoms with Crippen molar-refractivity contribution in [1.82, 2.24) is 9.47 Å². The molecule has 1 fully saturated rings. The third-order valence-corrected chi connectivity index (χ3v) is 7.08. The van der Waals surface area contributed by atoms with Crippen molar-refractivity contribution < 1.29 is 4.79 Å². The summed E-state index contributed by atoms with van der Waals surface area (Å²) in [6.45, 7) is 1.52. The molecule has 2 aromatic heterocycles. The first-order valence-corrected chi connectivity index (χ1v) is 10.4. The van der Waals surface area contributed by atoms with Gasteiger partial charge in [0.15, 0.2) is 0 Å². The average molecular weight is 428 g/mol.